The number of unbranched alkanes of at least 4 members (excludes halogenated alkanes) is 15. The molecule has 0 aromatic carbocycles. The Bertz CT molecular complexity index is 1790. The van der Waals surface area contributed by atoms with Crippen LogP contribution in [0, 0.1) is 0 Å². The van der Waals surface area contributed by atoms with Crippen molar-refractivity contribution in [2.45, 2.75) is 261 Å². The van der Waals surface area contributed by atoms with Crippen LogP contribution < -0.4 is 5.32 Å². The molecule has 2 heterocycles. The summed E-state index contributed by atoms with van der Waals surface area (Å²) in [6, 6.07) is -0.949. The molecule has 0 radical (unpaired) electrons. The number of aliphatic hydroxyl groups is 8. The fourth-order valence-electron chi connectivity index (χ4n) is 9.01. The summed E-state index contributed by atoms with van der Waals surface area (Å²) in [5.41, 5.74) is 0. The highest BCUT2D eigenvalue weighted by atomic mass is 16.7. The van der Waals surface area contributed by atoms with Crippen molar-refractivity contribution in [2.75, 3.05) is 19.8 Å². The third-order valence-corrected chi connectivity index (χ3v) is 13.9. The quantitative estimate of drug-likeness (QED) is 0.0204. The molecule has 450 valence electrons. The first kappa shape index (κ1) is 71.5. The maximum Gasteiger partial charge on any atom is 0.220 e. The second kappa shape index (κ2) is 49.0. The Morgan fingerprint density at radius 1 is 0.468 bits per heavy atom. The van der Waals surface area contributed by atoms with E-state index in [9.17, 15) is 45.6 Å². The van der Waals surface area contributed by atoms with Crippen molar-refractivity contribution in [3.63, 3.8) is 0 Å². The summed E-state index contributed by atoms with van der Waals surface area (Å²) in [5, 5.41) is 87.0. The fourth-order valence-corrected chi connectivity index (χ4v) is 9.01. The SMILES string of the molecule is CC/C=C\C/C=C\C/C=C\C/C=C\C/C=C\C/C=C\C/C=C\CCCCCCCCCCCC(=O)NC(COC1OC(CO)C(OC2OC(CO)C(O)C(O)C2O)C(O)C1O)C(O)/C=C/CC/C=C/CC/C=C/CCCCCC. The van der Waals surface area contributed by atoms with Gasteiger partial charge in [0.1, 0.15) is 48.8 Å². The van der Waals surface area contributed by atoms with Gasteiger partial charge in [-0.15, -0.1) is 0 Å². The fraction of sp³-hybridized carbons (Fsp3) is 0.677. The summed E-state index contributed by atoms with van der Waals surface area (Å²) < 4.78 is 22.7. The van der Waals surface area contributed by atoms with E-state index in [1.54, 1.807) is 6.08 Å². The first-order valence-electron chi connectivity index (χ1n) is 30.3. The molecule has 2 fully saturated rings. The number of allylic oxidation sites excluding steroid dienone is 19. The van der Waals surface area contributed by atoms with Gasteiger partial charge in [-0.1, -0.05) is 200 Å². The largest absolute Gasteiger partial charge is 0.394 e. The molecular formula is C65H107NO13. The molecule has 0 saturated carbocycles. The van der Waals surface area contributed by atoms with Crippen molar-refractivity contribution in [3.8, 4) is 0 Å². The Kier molecular flexibility index (Phi) is 44.4. The highest BCUT2D eigenvalue weighted by molar-refractivity contribution is 5.76. The zero-order valence-corrected chi connectivity index (χ0v) is 48.3. The predicted octanol–water partition coefficient (Wildman–Crippen LogP) is 10.6. The number of carbonyl (C=O) groups excluding carboxylic acids is 1. The van der Waals surface area contributed by atoms with E-state index >= 15 is 0 Å². The molecule has 2 aliphatic heterocycles. The molecule has 79 heavy (non-hydrogen) atoms. The Labute approximate surface area is 476 Å². The molecule has 0 aromatic rings. The third-order valence-electron chi connectivity index (χ3n) is 13.9. The van der Waals surface area contributed by atoms with Crippen molar-refractivity contribution in [2.24, 2.45) is 0 Å². The van der Waals surface area contributed by atoms with E-state index in [0.29, 0.717) is 12.8 Å². The maximum atomic E-state index is 13.3. The molecule has 0 bridgehead atoms. The van der Waals surface area contributed by atoms with Crippen LogP contribution in [0.3, 0.4) is 0 Å². The van der Waals surface area contributed by atoms with Crippen molar-refractivity contribution < 1.29 is 64.6 Å². The van der Waals surface area contributed by atoms with Gasteiger partial charge in [-0.05, 0) is 103 Å². The molecule has 14 nitrogen and oxygen atoms in total. The molecule has 0 aromatic heterocycles. The van der Waals surface area contributed by atoms with E-state index < -0.39 is 86.8 Å². The Morgan fingerprint density at radius 3 is 1.39 bits per heavy atom. The number of ether oxygens (including phenoxy) is 4. The topological polar surface area (TPSA) is 228 Å². The van der Waals surface area contributed by atoms with Gasteiger partial charge in [0.15, 0.2) is 12.6 Å². The minimum Gasteiger partial charge on any atom is -0.394 e. The van der Waals surface area contributed by atoms with Gasteiger partial charge < -0.3 is 65.1 Å². The number of nitrogens with one attached hydrogen (secondary N) is 1. The van der Waals surface area contributed by atoms with Gasteiger partial charge >= 0.3 is 0 Å². The van der Waals surface area contributed by atoms with Crippen LogP contribution in [-0.2, 0) is 23.7 Å². The molecule has 14 heteroatoms. The zero-order chi connectivity index (χ0) is 57.4. The molecule has 2 rings (SSSR count). The zero-order valence-electron chi connectivity index (χ0n) is 48.3. The van der Waals surface area contributed by atoms with Gasteiger partial charge in [0.25, 0.3) is 0 Å². The minimum atomic E-state index is -1.80. The second-order valence-corrected chi connectivity index (χ2v) is 20.7. The van der Waals surface area contributed by atoms with E-state index in [0.717, 1.165) is 103 Å². The molecular weight excluding hydrogens is 1000 g/mol. The van der Waals surface area contributed by atoms with Crippen molar-refractivity contribution in [1.29, 1.82) is 0 Å². The van der Waals surface area contributed by atoms with Crippen LogP contribution >= 0.6 is 0 Å². The van der Waals surface area contributed by atoms with E-state index in [-0.39, 0.29) is 18.9 Å². The number of carbonyl (C=O) groups is 1. The number of aliphatic hydroxyl groups excluding tert-OH is 8. The Balaban J connectivity index is 1.72. The normalized spacial score (nSPS) is 25.3. The molecule has 1 amide bonds. The lowest BCUT2D eigenvalue weighted by atomic mass is 9.97. The lowest BCUT2D eigenvalue weighted by molar-refractivity contribution is -0.359. The number of rotatable bonds is 46. The van der Waals surface area contributed by atoms with Crippen LogP contribution in [0.15, 0.2) is 122 Å². The standard InChI is InChI=1S/C65H107NO13/c1-3-5-7-9-11-13-15-17-19-20-21-22-23-24-25-26-27-28-29-30-31-32-33-34-35-37-39-41-43-45-47-49-57(70)66-53(54(69)48-46-44-42-40-38-36-18-16-14-12-10-8-6-4-2)52-76-64-62(75)60(73)63(56(51-68)78-64)79-65-61(74)59(72)58(71)55(50-67)77-65/h5,7,11,13-14,16-17,19,21-22,24-25,27-28,30-31,38,40,46,48,53-56,58-65,67-69,71-75H,3-4,6,8-10,12,15,18,20,23,26,29,32-37,39,41-45,47,49-52H2,1-2H3,(H,66,70)/b7-5-,13-11-,16-14+,19-17-,22-21-,25-24-,28-27-,31-30-,40-38+,48-46+. The summed E-state index contributed by atoms with van der Waals surface area (Å²) in [6.07, 6.45) is 53.8. The van der Waals surface area contributed by atoms with E-state index in [1.807, 2.05) is 6.08 Å². The van der Waals surface area contributed by atoms with Crippen molar-refractivity contribution in [1.82, 2.24) is 5.32 Å². The summed E-state index contributed by atoms with van der Waals surface area (Å²) in [7, 11) is 0. The van der Waals surface area contributed by atoms with E-state index in [4.69, 9.17) is 18.9 Å². The van der Waals surface area contributed by atoms with E-state index in [1.165, 1.54) is 51.4 Å². The highest BCUT2D eigenvalue weighted by Crippen LogP contribution is 2.30. The van der Waals surface area contributed by atoms with Crippen molar-refractivity contribution in [3.05, 3.63) is 122 Å². The molecule has 2 aliphatic rings. The lowest BCUT2D eigenvalue weighted by Crippen LogP contribution is -2.65. The molecule has 0 spiro atoms. The van der Waals surface area contributed by atoms with Crippen LogP contribution in [0.5, 0.6) is 0 Å². The van der Waals surface area contributed by atoms with Crippen LogP contribution in [-0.4, -0.2) is 140 Å². The third kappa shape index (κ3) is 34.4. The highest BCUT2D eigenvalue weighted by Gasteiger charge is 2.51. The number of amides is 1. The van der Waals surface area contributed by atoms with Gasteiger partial charge in [0.05, 0.1) is 32.0 Å². The van der Waals surface area contributed by atoms with Gasteiger partial charge in [0.2, 0.25) is 5.91 Å². The van der Waals surface area contributed by atoms with Gasteiger partial charge in [-0.25, -0.2) is 0 Å². The van der Waals surface area contributed by atoms with Gasteiger partial charge in [0, 0.05) is 6.42 Å². The van der Waals surface area contributed by atoms with Crippen LogP contribution in [0.2, 0.25) is 0 Å². The van der Waals surface area contributed by atoms with Crippen LogP contribution in [0.4, 0.5) is 0 Å². The van der Waals surface area contributed by atoms with Gasteiger partial charge in [-0.3, -0.25) is 4.79 Å². The predicted molar refractivity (Wildman–Crippen MR) is 318 cm³/mol. The van der Waals surface area contributed by atoms with Crippen molar-refractivity contribution >= 4 is 5.91 Å². The average Bonchev–Trinajstić information content (AvgIpc) is 3.55. The monoisotopic (exact) mass is 1110 g/mol. The Hall–Kier alpha value is -3.61. The van der Waals surface area contributed by atoms with Crippen LogP contribution in [0.1, 0.15) is 187 Å². The number of hydrogen-bond donors (Lipinski definition) is 9. The summed E-state index contributed by atoms with van der Waals surface area (Å²) in [5.74, 6) is -0.267. The second-order valence-electron chi connectivity index (χ2n) is 20.7. The average molecular weight is 1110 g/mol. The Morgan fingerprint density at radius 2 is 0.886 bits per heavy atom. The van der Waals surface area contributed by atoms with Crippen LogP contribution in [0.25, 0.3) is 0 Å². The summed E-state index contributed by atoms with van der Waals surface area (Å²) in [6.45, 7) is 2.60. The van der Waals surface area contributed by atoms with Gasteiger partial charge in [-0.2, -0.15) is 0 Å². The minimum absolute atomic E-state index is 0.254. The molecule has 9 N–H and O–H groups in total. The molecule has 12 atom stereocenters. The maximum absolute atomic E-state index is 13.3. The molecule has 12 unspecified atom stereocenters. The summed E-state index contributed by atoms with van der Waals surface area (Å²) >= 11 is 0. The first-order chi connectivity index (χ1) is 38.6. The molecule has 2 saturated heterocycles. The first-order valence-corrected chi connectivity index (χ1v) is 30.3. The smallest absolute Gasteiger partial charge is 0.220 e. The lowest BCUT2D eigenvalue weighted by Gasteiger charge is -2.46. The number of hydrogen-bond acceptors (Lipinski definition) is 13. The summed E-state index contributed by atoms with van der Waals surface area (Å²) in [4.78, 5) is 13.3. The molecule has 0 aliphatic carbocycles. The van der Waals surface area contributed by atoms with E-state index in [2.05, 4.69) is 129 Å².